The van der Waals surface area contributed by atoms with Crippen LogP contribution in [0.25, 0.3) is 0 Å². The maximum Gasteiger partial charge on any atom is 0.147 e. The van der Waals surface area contributed by atoms with Gasteiger partial charge in [-0.15, -0.1) is 0 Å². The fourth-order valence-electron chi connectivity index (χ4n) is 4.02. The first-order valence-electron chi connectivity index (χ1n) is 11.0. The van der Waals surface area contributed by atoms with E-state index in [0.29, 0.717) is 32.5 Å². The lowest BCUT2D eigenvalue weighted by molar-refractivity contribution is -0.109. The molecule has 4 rings (SSSR count). The molecule has 2 atom stereocenters. The average Bonchev–Trinajstić information content (AvgIpc) is 3.20. The van der Waals surface area contributed by atoms with Crippen LogP contribution in [0.3, 0.4) is 0 Å². The van der Waals surface area contributed by atoms with E-state index in [1.165, 1.54) is 11.1 Å². The van der Waals surface area contributed by atoms with Crippen LogP contribution in [0.2, 0.25) is 0 Å². The van der Waals surface area contributed by atoms with Crippen molar-refractivity contribution < 1.29 is 14.2 Å². The fraction of sp³-hybridized carbons (Fsp3) is 0.333. The molecule has 1 aliphatic rings. The Labute approximate surface area is 185 Å². The molecule has 4 nitrogen and oxygen atoms in total. The van der Waals surface area contributed by atoms with Gasteiger partial charge < -0.3 is 14.2 Å². The summed E-state index contributed by atoms with van der Waals surface area (Å²) in [6.45, 7) is 4.97. The van der Waals surface area contributed by atoms with Gasteiger partial charge in [0.2, 0.25) is 0 Å². The van der Waals surface area contributed by atoms with E-state index in [1.54, 1.807) is 0 Å². The third-order valence-corrected chi connectivity index (χ3v) is 5.63. The van der Waals surface area contributed by atoms with Gasteiger partial charge in [-0.2, -0.15) is 0 Å². The zero-order chi connectivity index (χ0) is 21.1. The van der Waals surface area contributed by atoms with Crippen LogP contribution in [0.1, 0.15) is 16.7 Å². The highest BCUT2D eigenvalue weighted by Crippen LogP contribution is 2.23. The first-order chi connectivity index (χ1) is 15.4. The molecule has 1 aliphatic heterocycles. The summed E-state index contributed by atoms with van der Waals surface area (Å²) >= 11 is 0. The van der Waals surface area contributed by atoms with Gasteiger partial charge in [-0.05, 0) is 16.7 Å². The van der Waals surface area contributed by atoms with Crippen molar-refractivity contribution in [1.82, 2.24) is 4.90 Å². The molecule has 162 valence electrons. The topological polar surface area (TPSA) is 30.9 Å². The minimum atomic E-state index is 0.107. The zero-order valence-electron chi connectivity index (χ0n) is 17.9. The summed E-state index contributed by atoms with van der Waals surface area (Å²) in [7, 11) is 0. The molecule has 31 heavy (non-hydrogen) atoms. The van der Waals surface area contributed by atoms with Crippen LogP contribution in [-0.2, 0) is 34.0 Å². The van der Waals surface area contributed by atoms with Crippen molar-refractivity contribution in [3.05, 3.63) is 108 Å². The van der Waals surface area contributed by atoms with Crippen molar-refractivity contribution in [2.75, 3.05) is 26.5 Å². The lowest BCUT2D eigenvalue weighted by atomic mass is 10.1. The molecule has 0 saturated carbocycles. The van der Waals surface area contributed by atoms with E-state index in [0.717, 1.165) is 25.2 Å². The lowest BCUT2D eigenvalue weighted by Gasteiger charge is -2.19. The summed E-state index contributed by atoms with van der Waals surface area (Å²) in [6.07, 6.45) is 0.107. The van der Waals surface area contributed by atoms with Crippen LogP contribution in [0.5, 0.6) is 0 Å². The summed E-state index contributed by atoms with van der Waals surface area (Å²) in [4.78, 5) is 2.45. The second-order valence-electron chi connectivity index (χ2n) is 8.10. The number of benzene rings is 3. The van der Waals surface area contributed by atoms with Crippen LogP contribution >= 0.6 is 0 Å². The zero-order valence-corrected chi connectivity index (χ0v) is 17.9. The minimum Gasteiger partial charge on any atom is -0.376 e. The maximum absolute atomic E-state index is 6.16. The summed E-state index contributed by atoms with van der Waals surface area (Å²) in [5, 5.41) is 0. The molecule has 0 spiro atoms. The molecule has 4 heteroatoms. The molecule has 0 aromatic heterocycles. The number of rotatable bonds is 11. The van der Waals surface area contributed by atoms with E-state index in [1.807, 2.05) is 36.4 Å². The lowest BCUT2D eigenvalue weighted by Crippen LogP contribution is -2.27. The Morgan fingerprint density at radius 1 is 0.645 bits per heavy atom. The second kappa shape index (κ2) is 11.8. The Morgan fingerprint density at radius 3 is 1.81 bits per heavy atom. The predicted octanol–water partition coefficient (Wildman–Crippen LogP) is 4.89. The number of likely N-dealkylation sites (tertiary alicyclic amines) is 1. The molecule has 1 saturated heterocycles. The molecule has 0 radical (unpaired) electrons. The van der Waals surface area contributed by atoms with E-state index < -0.39 is 0 Å². The third kappa shape index (κ3) is 7.01. The Kier molecular flexibility index (Phi) is 8.25. The first kappa shape index (κ1) is 21.7. The van der Waals surface area contributed by atoms with Crippen molar-refractivity contribution >= 4 is 0 Å². The quantitative estimate of drug-likeness (QED) is 0.328. The highest BCUT2D eigenvalue weighted by Gasteiger charge is 2.33. The van der Waals surface area contributed by atoms with Crippen LogP contribution in [0.4, 0.5) is 0 Å². The summed E-state index contributed by atoms with van der Waals surface area (Å²) in [6, 6.07) is 31.1. The van der Waals surface area contributed by atoms with Gasteiger partial charge in [-0.25, -0.2) is 0 Å². The first-order valence-corrected chi connectivity index (χ1v) is 11.0. The molecule has 0 amide bonds. The average molecular weight is 418 g/mol. The second-order valence-corrected chi connectivity index (χ2v) is 8.10. The molecule has 0 aliphatic carbocycles. The van der Waals surface area contributed by atoms with E-state index in [2.05, 4.69) is 59.5 Å². The standard InChI is InChI=1S/C27H31NO3/c1-4-10-23(11-5-1)16-28-17-26(21-29-19-24-12-6-2-7-13-24)27(18-28)31-22-30-20-25-14-8-3-9-15-25/h1-15,26-27H,16-22H2. The number of hydrogen-bond donors (Lipinski definition) is 0. The Balaban J connectivity index is 1.28. The molecule has 1 heterocycles. The Hall–Kier alpha value is -2.50. The van der Waals surface area contributed by atoms with Crippen LogP contribution in [0.15, 0.2) is 91.0 Å². The van der Waals surface area contributed by atoms with Gasteiger partial charge >= 0.3 is 0 Å². The van der Waals surface area contributed by atoms with Gasteiger partial charge in [0, 0.05) is 25.6 Å². The predicted molar refractivity (Wildman–Crippen MR) is 122 cm³/mol. The maximum atomic E-state index is 6.16. The molecule has 3 aromatic carbocycles. The SMILES string of the molecule is c1ccc(COCOC2CN(Cc3ccccc3)CC2COCc2ccccc2)cc1. The van der Waals surface area contributed by atoms with Crippen LogP contribution in [-0.4, -0.2) is 37.5 Å². The monoisotopic (exact) mass is 417 g/mol. The minimum absolute atomic E-state index is 0.107. The van der Waals surface area contributed by atoms with Gasteiger partial charge in [-0.1, -0.05) is 91.0 Å². The Morgan fingerprint density at radius 2 is 1.19 bits per heavy atom. The summed E-state index contributed by atoms with van der Waals surface area (Å²) in [5.41, 5.74) is 3.68. The molecular weight excluding hydrogens is 386 g/mol. The van der Waals surface area contributed by atoms with E-state index in [4.69, 9.17) is 14.2 Å². The van der Waals surface area contributed by atoms with Crippen molar-refractivity contribution in [2.24, 2.45) is 5.92 Å². The van der Waals surface area contributed by atoms with Crippen molar-refractivity contribution in [3.63, 3.8) is 0 Å². The third-order valence-electron chi connectivity index (χ3n) is 5.63. The van der Waals surface area contributed by atoms with Crippen LogP contribution in [0, 0.1) is 5.92 Å². The number of ether oxygens (including phenoxy) is 3. The van der Waals surface area contributed by atoms with E-state index in [9.17, 15) is 0 Å². The summed E-state index contributed by atoms with van der Waals surface area (Å²) in [5.74, 6) is 0.327. The number of hydrogen-bond acceptors (Lipinski definition) is 4. The smallest absolute Gasteiger partial charge is 0.147 e. The van der Waals surface area contributed by atoms with E-state index >= 15 is 0 Å². The van der Waals surface area contributed by atoms with Crippen molar-refractivity contribution in [3.8, 4) is 0 Å². The highest BCUT2D eigenvalue weighted by molar-refractivity contribution is 5.15. The van der Waals surface area contributed by atoms with Crippen LogP contribution < -0.4 is 0 Å². The number of nitrogens with zero attached hydrogens (tertiary/aromatic N) is 1. The highest BCUT2D eigenvalue weighted by atomic mass is 16.7. The normalized spacial score (nSPS) is 19.0. The largest absolute Gasteiger partial charge is 0.376 e. The van der Waals surface area contributed by atoms with Gasteiger partial charge in [0.05, 0.1) is 25.9 Å². The fourth-order valence-corrected chi connectivity index (χ4v) is 4.02. The van der Waals surface area contributed by atoms with Gasteiger partial charge in [-0.3, -0.25) is 4.90 Å². The summed E-state index contributed by atoms with van der Waals surface area (Å²) < 4.78 is 18.0. The van der Waals surface area contributed by atoms with Crippen molar-refractivity contribution in [2.45, 2.75) is 25.9 Å². The molecule has 2 unspecified atom stereocenters. The molecule has 0 N–H and O–H groups in total. The van der Waals surface area contributed by atoms with Gasteiger partial charge in [0.1, 0.15) is 6.79 Å². The molecule has 0 bridgehead atoms. The Bertz CT molecular complexity index is 873. The molecule has 3 aromatic rings. The molecular formula is C27H31NO3. The molecule has 1 fully saturated rings. The van der Waals surface area contributed by atoms with Gasteiger partial charge in [0.25, 0.3) is 0 Å². The van der Waals surface area contributed by atoms with E-state index in [-0.39, 0.29) is 6.10 Å². The van der Waals surface area contributed by atoms with Crippen molar-refractivity contribution in [1.29, 1.82) is 0 Å². The van der Waals surface area contributed by atoms with Gasteiger partial charge in [0.15, 0.2) is 0 Å².